The van der Waals surface area contributed by atoms with Crippen LogP contribution < -0.4 is 10.2 Å². The molecule has 0 aliphatic carbocycles. The van der Waals surface area contributed by atoms with Crippen LogP contribution in [0.1, 0.15) is 34.7 Å². The lowest BCUT2D eigenvalue weighted by molar-refractivity contribution is -0.137. The summed E-state index contributed by atoms with van der Waals surface area (Å²) in [5.74, 6) is -0.160. The number of nitrogens with one attached hydrogen (secondary N) is 1. The van der Waals surface area contributed by atoms with E-state index in [0.29, 0.717) is 24.4 Å². The summed E-state index contributed by atoms with van der Waals surface area (Å²) in [6.45, 7) is 2.42. The third-order valence-corrected chi connectivity index (χ3v) is 5.96. The number of halogens is 4. The van der Waals surface area contributed by atoms with Gasteiger partial charge in [-0.3, -0.25) is 4.79 Å². The Morgan fingerprint density at radius 1 is 1.03 bits per heavy atom. The van der Waals surface area contributed by atoms with Crippen molar-refractivity contribution in [3.63, 3.8) is 0 Å². The molecule has 0 spiro atoms. The van der Waals surface area contributed by atoms with Gasteiger partial charge in [0.2, 0.25) is 5.91 Å². The van der Waals surface area contributed by atoms with Crippen LogP contribution in [0, 0.1) is 6.92 Å². The molecule has 1 amide bonds. The van der Waals surface area contributed by atoms with Gasteiger partial charge in [-0.1, -0.05) is 60.1 Å². The third-order valence-electron chi connectivity index (χ3n) is 5.55. The van der Waals surface area contributed by atoms with Gasteiger partial charge in [-0.05, 0) is 60.7 Å². The minimum Gasteiger partial charge on any atom is -0.357 e. The summed E-state index contributed by atoms with van der Waals surface area (Å²) in [5.41, 5.74) is 2.71. The Kier molecular flexibility index (Phi) is 8.03. The predicted molar refractivity (Wildman–Crippen MR) is 127 cm³/mol. The molecular weight excluding hydrogens is 449 g/mol. The van der Waals surface area contributed by atoms with Crippen molar-refractivity contribution in [1.29, 1.82) is 0 Å². The van der Waals surface area contributed by atoms with Crippen molar-refractivity contribution in [3.8, 4) is 0 Å². The number of likely N-dealkylation sites (N-methyl/N-ethyl adjacent to an activating group) is 1. The van der Waals surface area contributed by atoms with Gasteiger partial charge in [0.05, 0.1) is 5.56 Å². The van der Waals surface area contributed by atoms with Gasteiger partial charge < -0.3 is 10.2 Å². The second-order valence-electron chi connectivity index (χ2n) is 7.85. The summed E-state index contributed by atoms with van der Waals surface area (Å²) < 4.78 is 38.5. The number of hydrogen-bond donors (Lipinski definition) is 1. The van der Waals surface area contributed by atoms with Gasteiger partial charge in [-0.2, -0.15) is 13.2 Å². The molecule has 0 heterocycles. The van der Waals surface area contributed by atoms with Crippen LogP contribution in [0.4, 0.5) is 18.9 Å². The lowest BCUT2D eigenvalue weighted by Crippen LogP contribution is -2.40. The number of alkyl halides is 3. The first-order valence-electron chi connectivity index (χ1n) is 10.7. The van der Waals surface area contributed by atoms with Crippen LogP contribution >= 0.6 is 11.6 Å². The van der Waals surface area contributed by atoms with Gasteiger partial charge in [0.15, 0.2) is 0 Å². The molecule has 33 heavy (non-hydrogen) atoms. The number of anilines is 1. The number of amides is 1. The Labute approximate surface area is 197 Å². The van der Waals surface area contributed by atoms with E-state index in [0.717, 1.165) is 34.5 Å². The maximum atomic E-state index is 13.0. The van der Waals surface area contributed by atoms with E-state index in [9.17, 15) is 18.0 Å². The van der Waals surface area contributed by atoms with Gasteiger partial charge >= 0.3 is 6.18 Å². The Balaban J connectivity index is 1.87. The van der Waals surface area contributed by atoms with Crippen molar-refractivity contribution in [2.45, 2.75) is 32.0 Å². The predicted octanol–water partition coefficient (Wildman–Crippen LogP) is 6.59. The van der Waals surface area contributed by atoms with Crippen molar-refractivity contribution >= 4 is 23.2 Å². The molecule has 0 aromatic heterocycles. The van der Waals surface area contributed by atoms with E-state index in [1.165, 1.54) is 12.1 Å². The average Bonchev–Trinajstić information content (AvgIpc) is 2.80. The van der Waals surface area contributed by atoms with Gasteiger partial charge in [0, 0.05) is 24.3 Å². The molecule has 7 heteroatoms. The zero-order valence-electron chi connectivity index (χ0n) is 18.5. The molecule has 0 saturated carbocycles. The highest BCUT2D eigenvalue weighted by molar-refractivity contribution is 6.31. The Morgan fingerprint density at radius 2 is 1.70 bits per heavy atom. The number of hydrogen-bond acceptors (Lipinski definition) is 2. The summed E-state index contributed by atoms with van der Waals surface area (Å²) in [4.78, 5) is 14.9. The van der Waals surface area contributed by atoms with E-state index in [4.69, 9.17) is 11.6 Å². The SMILES string of the molecule is CNC(=O)[C@H](c1ccccc1)N(CCCc1ccc(C(F)(F)F)cc1)c1ccc(C)c(Cl)c1. The largest absolute Gasteiger partial charge is 0.416 e. The maximum absolute atomic E-state index is 13.0. The number of aryl methyl sites for hydroxylation is 2. The van der Waals surface area contributed by atoms with Gasteiger partial charge in [-0.15, -0.1) is 0 Å². The van der Waals surface area contributed by atoms with Crippen molar-refractivity contribution in [2.24, 2.45) is 0 Å². The quantitative estimate of drug-likeness (QED) is 0.399. The molecule has 0 radical (unpaired) electrons. The van der Waals surface area contributed by atoms with E-state index in [1.54, 1.807) is 7.05 Å². The van der Waals surface area contributed by atoms with E-state index >= 15 is 0 Å². The van der Waals surface area contributed by atoms with Crippen LogP contribution in [-0.2, 0) is 17.4 Å². The summed E-state index contributed by atoms with van der Waals surface area (Å²) in [6.07, 6.45) is -3.14. The molecule has 0 saturated heterocycles. The second kappa shape index (κ2) is 10.8. The fourth-order valence-corrected chi connectivity index (χ4v) is 3.90. The van der Waals surface area contributed by atoms with Crippen LogP contribution in [0.3, 0.4) is 0 Å². The van der Waals surface area contributed by atoms with E-state index in [2.05, 4.69) is 5.32 Å². The fourth-order valence-electron chi connectivity index (χ4n) is 3.73. The first kappa shape index (κ1) is 24.6. The van der Waals surface area contributed by atoms with E-state index in [-0.39, 0.29) is 5.91 Å². The number of nitrogens with zero attached hydrogens (tertiary/aromatic N) is 1. The molecule has 0 fully saturated rings. The first-order chi connectivity index (χ1) is 15.7. The van der Waals surface area contributed by atoms with Crippen molar-refractivity contribution in [3.05, 3.63) is 100 Å². The van der Waals surface area contributed by atoms with Gasteiger partial charge in [-0.25, -0.2) is 0 Å². The normalized spacial score (nSPS) is 12.3. The smallest absolute Gasteiger partial charge is 0.357 e. The second-order valence-corrected chi connectivity index (χ2v) is 8.26. The molecule has 0 aliphatic rings. The standard InChI is InChI=1S/C26H26ClF3N2O/c1-18-10-15-22(17-23(18)27)32(24(25(33)31-2)20-8-4-3-5-9-20)16-6-7-19-11-13-21(14-12-19)26(28,29)30/h3-5,8-15,17,24H,6-7,16H2,1-2H3,(H,31,33)/t24-/m0/s1. The van der Waals surface area contributed by atoms with Gasteiger partial charge in [0.1, 0.15) is 6.04 Å². The summed E-state index contributed by atoms with van der Waals surface area (Å²) >= 11 is 6.38. The first-order valence-corrected chi connectivity index (χ1v) is 11.0. The number of rotatable bonds is 8. The number of carbonyl (C=O) groups excluding carboxylic acids is 1. The lowest BCUT2D eigenvalue weighted by atomic mass is 10.0. The highest BCUT2D eigenvalue weighted by Crippen LogP contribution is 2.32. The highest BCUT2D eigenvalue weighted by Gasteiger charge is 2.30. The molecule has 0 aliphatic heterocycles. The minimum atomic E-state index is -4.35. The zero-order valence-corrected chi connectivity index (χ0v) is 19.3. The molecule has 1 N–H and O–H groups in total. The van der Waals surface area contributed by atoms with Crippen molar-refractivity contribution < 1.29 is 18.0 Å². The third kappa shape index (κ3) is 6.29. The van der Waals surface area contributed by atoms with E-state index in [1.807, 2.05) is 60.4 Å². The molecule has 3 aromatic rings. The zero-order chi connectivity index (χ0) is 24.0. The van der Waals surface area contributed by atoms with Crippen LogP contribution in [0.15, 0.2) is 72.8 Å². The molecule has 0 bridgehead atoms. The molecule has 174 valence electrons. The number of benzene rings is 3. The number of carbonyl (C=O) groups is 1. The molecule has 3 rings (SSSR count). The summed E-state index contributed by atoms with van der Waals surface area (Å²) in [5, 5.41) is 3.35. The Morgan fingerprint density at radius 3 is 2.27 bits per heavy atom. The summed E-state index contributed by atoms with van der Waals surface area (Å²) in [7, 11) is 1.60. The maximum Gasteiger partial charge on any atom is 0.416 e. The molecule has 1 atom stereocenters. The Hall–Kier alpha value is -2.99. The fraction of sp³-hybridized carbons (Fsp3) is 0.269. The molecule has 3 aromatic carbocycles. The monoisotopic (exact) mass is 474 g/mol. The van der Waals surface area contributed by atoms with Crippen molar-refractivity contribution in [1.82, 2.24) is 5.32 Å². The van der Waals surface area contributed by atoms with Crippen LogP contribution in [0.5, 0.6) is 0 Å². The van der Waals surface area contributed by atoms with E-state index < -0.39 is 17.8 Å². The molecular formula is C26H26ClF3N2O. The van der Waals surface area contributed by atoms with Crippen LogP contribution in [0.25, 0.3) is 0 Å². The van der Waals surface area contributed by atoms with Gasteiger partial charge in [0.25, 0.3) is 0 Å². The van der Waals surface area contributed by atoms with Crippen LogP contribution in [-0.4, -0.2) is 19.5 Å². The van der Waals surface area contributed by atoms with Crippen LogP contribution in [0.2, 0.25) is 5.02 Å². The Bertz CT molecular complexity index is 1070. The summed E-state index contributed by atoms with van der Waals surface area (Å²) in [6, 6.07) is 19.8. The van der Waals surface area contributed by atoms with Crippen molar-refractivity contribution in [2.75, 3.05) is 18.5 Å². The highest BCUT2D eigenvalue weighted by atomic mass is 35.5. The topological polar surface area (TPSA) is 32.3 Å². The average molecular weight is 475 g/mol. The molecule has 3 nitrogen and oxygen atoms in total. The minimum absolute atomic E-state index is 0.160. The lowest BCUT2D eigenvalue weighted by Gasteiger charge is -2.33. The molecule has 0 unspecified atom stereocenters.